The lowest BCUT2D eigenvalue weighted by Crippen LogP contribution is -2.16. The minimum absolute atomic E-state index is 0.0133. The summed E-state index contributed by atoms with van der Waals surface area (Å²) < 4.78 is 56.2. The molecule has 0 radical (unpaired) electrons. The zero-order valence-electron chi connectivity index (χ0n) is 20.0. The van der Waals surface area contributed by atoms with E-state index in [1.807, 2.05) is 44.2 Å². The Balaban J connectivity index is 1.84. The zero-order chi connectivity index (χ0) is 25.7. The molecule has 0 N–H and O–H groups in total. The quantitative estimate of drug-likeness (QED) is 0.299. The Bertz CT molecular complexity index is 1820. The fourth-order valence-corrected chi connectivity index (χ4v) is 7.23. The molecule has 1 heterocycles. The summed E-state index contributed by atoms with van der Waals surface area (Å²) in [6.07, 6.45) is 0. The van der Waals surface area contributed by atoms with Crippen molar-refractivity contribution in [2.24, 2.45) is 0 Å². The van der Waals surface area contributed by atoms with E-state index in [2.05, 4.69) is 5.10 Å². The number of aromatic nitrogens is 2. The molecular weight excluding hydrogens is 492 g/mol. The molecule has 36 heavy (non-hydrogen) atoms. The Kier molecular flexibility index (Phi) is 5.81. The summed E-state index contributed by atoms with van der Waals surface area (Å²) in [5, 5.41) is 6.10. The smallest absolute Gasteiger partial charge is 0.218 e. The summed E-state index contributed by atoms with van der Waals surface area (Å²) >= 11 is 0. The zero-order valence-corrected chi connectivity index (χ0v) is 21.6. The highest BCUT2D eigenvalue weighted by Crippen LogP contribution is 2.37. The van der Waals surface area contributed by atoms with Gasteiger partial charge in [0.1, 0.15) is 10.6 Å². The second-order valence-electron chi connectivity index (χ2n) is 8.80. The molecule has 0 atom stereocenters. The number of aryl methyl sites for hydroxylation is 3. The van der Waals surface area contributed by atoms with Crippen LogP contribution in [0.3, 0.4) is 0 Å². The Hall–Kier alpha value is -3.75. The van der Waals surface area contributed by atoms with Crippen molar-refractivity contribution >= 4 is 30.6 Å². The van der Waals surface area contributed by atoms with E-state index < -0.39 is 19.9 Å². The molecule has 5 rings (SSSR count). The Morgan fingerprint density at radius 2 is 1.19 bits per heavy atom. The van der Waals surface area contributed by atoms with Crippen molar-refractivity contribution in [2.45, 2.75) is 35.5 Å². The van der Waals surface area contributed by atoms with E-state index in [-0.39, 0.29) is 26.1 Å². The fourth-order valence-electron chi connectivity index (χ4n) is 4.21. The Labute approximate surface area is 210 Å². The summed E-state index contributed by atoms with van der Waals surface area (Å²) in [6, 6.07) is 25.9. The lowest BCUT2D eigenvalue weighted by atomic mass is 10.1. The summed E-state index contributed by atoms with van der Waals surface area (Å²) in [6.45, 7) is 5.25. The molecule has 0 saturated carbocycles. The first-order chi connectivity index (χ1) is 17.1. The molecule has 0 spiro atoms. The molecule has 0 fully saturated rings. The third-order valence-electron chi connectivity index (χ3n) is 6.15. The molecule has 0 amide bonds. The number of rotatable bonds is 5. The van der Waals surface area contributed by atoms with Gasteiger partial charge in [-0.1, -0.05) is 71.8 Å². The van der Waals surface area contributed by atoms with Gasteiger partial charge < -0.3 is 0 Å². The minimum Gasteiger partial charge on any atom is -0.218 e. The molecule has 6 nitrogen and oxygen atoms in total. The maximum Gasteiger partial charge on any atom is 0.283 e. The van der Waals surface area contributed by atoms with Gasteiger partial charge in [-0.25, -0.2) is 8.42 Å². The van der Waals surface area contributed by atoms with E-state index in [1.54, 1.807) is 36.4 Å². The average molecular weight is 517 g/mol. The van der Waals surface area contributed by atoms with Gasteiger partial charge in [0.15, 0.2) is 0 Å². The molecule has 1 aromatic heterocycles. The molecule has 0 aliphatic heterocycles. The number of hydrogen-bond donors (Lipinski definition) is 0. The predicted octanol–water partition coefficient (Wildman–Crippen LogP) is 5.70. The van der Waals surface area contributed by atoms with Crippen molar-refractivity contribution in [3.05, 3.63) is 108 Å². The van der Waals surface area contributed by atoms with Gasteiger partial charge in [-0.05, 0) is 61.9 Å². The standard InChI is InChI=1S/C28H24N2O4S2/c1-19-8-14-25(15-9-19)35(31,32)28-21(3)29-30(36(33,34)26-16-10-20(2)11-17-26)27(28)24-13-12-22-6-4-5-7-23(22)18-24/h4-18H,1-3H3. The predicted molar refractivity (Wildman–Crippen MR) is 140 cm³/mol. The van der Waals surface area contributed by atoms with Crippen LogP contribution in [0.25, 0.3) is 22.0 Å². The Morgan fingerprint density at radius 1 is 0.639 bits per heavy atom. The van der Waals surface area contributed by atoms with Crippen LogP contribution in [0.1, 0.15) is 16.8 Å². The van der Waals surface area contributed by atoms with E-state index in [1.165, 1.54) is 31.2 Å². The highest BCUT2D eigenvalue weighted by molar-refractivity contribution is 7.92. The number of sulfone groups is 1. The third-order valence-corrected chi connectivity index (χ3v) is 9.65. The molecule has 0 saturated heterocycles. The third kappa shape index (κ3) is 4.02. The SMILES string of the molecule is Cc1ccc(S(=O)(=O)c2c(C)nn(S(=O)(=O)c3ccc(C)cc3)c2-c2ccc3ccccc3c2)cc1. The summed E-state index contributed by atoms with van der Waals surface area (Å²) in [5.41, 5.74) is 2.38. The van der Waals surface area contributed by atoms with E-state index in [4.69, 9.17) is 0 Å². The molecule has 0 unspecified atom stereocenters. The van der Waals surface area contributed by atoms with Gasteiger partial charge in [-0.3, -0.25) is 0 Å². The minimum atomic E-state index is -4.20. The van der Waals surface area contributed by atoms with Crippen molar-refractivity contribution in [3.8, 4) is 11.3 Å². The van der Waals surface area contributed by atoms with Crippen LogP contribution in [-0.2, 0) is 19.9 Å². The van der Waals surface area contributed by atoms with Gasteiger partial charge in [0.2, 0.25) is 9.84 Å². The first-order valence-electron chi connectivity index (χ1n) is 11.3. The van der Waals surface area contributed by atoms with Crippen molar-refractivity contribution in [1.29, 1.82) is 0 Å². The van der Waals surface area contributed by atoms with Crippen LogP contribution >= 0.6 is 0 Å². The molecular formula is C28H24N2O4S2. The number of hydrogen-bond acceptors (Lipinski definition) is 5. The maximum absolute atomic E-state index is 13.9. The number of benzene rings is 4. The molecule has 4 aromatic carbocycles. The van der Waals surface area contributed by atoms with Gasteiger partial charge in [0, 0.05) is 5.56 Å². The van der Waals surface area contributed by atoms with Crippen LogP contribution in [-0.4, -0.2) is 26.0 Å². The van der Waals surface area contributed by atoms with Gasteiger partial charge >= 0.3 is 0 Å². The van der Waals surface area contributed by atoms with E-state index >= 15 is 0 Å². The topological polar surface area (TPSA) is 86.1 Å². The van der Waals surface area contributed by atoms with Gasteiger partial charge in [0.05, 0.1) is 15.5 Å². The second kappa shape index (κ2) is 8.72. The summed E-state index contributed by atoms with van der Waals surface area (Å²) in [7, 11) is -8.29. The number of nitrogens with zero attached hydrogens (tertiary/aromatic N) is 2. The lowest BCUT2D eigenvalue weighted by Gasteiger charge is -2.13. The van der Waals surface area contributed by atoms with Crippen LogP contribution < -0.4 is 0 Å². The van der Waals surface area contributed by atoms with Crippen LogP contribution in [0.4, 0.5) is 0 Å². The van der Waals surface area contributed by atoms with Crippen LogP contribution in [0.2, 0.25) is 0 Å². The summed E-state index contributed by atoms with van der Waals surface area (Å²) in [5.74, 6) is 0. The highest BCUT2D eigenvalue weighted by Gasteiger charge is 2.34. The normalized spacial score (nSPS) is 12.2. The van der Waals surface area contributed by atoms with E-state index in [0.717, 1.165) is 26.0 Å². The van der Waals surface area contributed by atoms with Gasteiger partial charge in [-0.2, -0.15) is 17.6 Å². The maximum atomic E-state index is 13.9. The van der Waals surface area contributed by atoms with E-state index in [9.17, 15) is 16.8 Å². The first-order valence-corrected chi connectivity index (χ1v) is 14.2. The lowest BCUT2D eigenvalue weighted by molar-refractivity contribution is 0.580. The summed E-state index contributed by atoms with van der Waals surface area (Å²) in [4.78, 5) is -0.0280. The van der Waals surface area contributed by atoms with Crippen LogP contribution in [0, 0.1) is 20.8 Å². The molecule has 8 heteroatoms. The van der Waals surface area contributed by atoms with Crippen molar-refractivity contribution < 1.29 is 16.8 Å². The molecule has 0 bridgehead atoms. The average Bonchev–Trinajstić information content (AvgIpc) is 3.23. The van der Waals surface area contributed by atoms with Crippen molar-refractivity contribution in [1.82, 2.24) is 9.19 Å². The molecule has 182 valence electrons. The molecule has 0 aliphatic rings. The van der Waals surface area contributed by atoms with E-state index in [0.29, 0.717) is 5.56 Å². The van der Waals surface area contributed by atoms with Crippen LogP contribution in [0.5, 0.6) is 0 Å². The monoisotopic (exact) mass is 516 g/mol. The number of fused-ring (bicyclic) bond motifs is 1. The second-order valence-corrected chi connectivity index (χ2v) is 12.5. The van der Waals surface area contributed by atoms with Crippen molar-refractivity contribution in [3.63, 3.8) is 0 Å². The van der Waals surface area contributed by atoms with Gasteiger partial charge in [0.25, 0.3) is 10.0 Å². The first kappa shape index (κ1) is 24.0. The Morgan fingerprint density at radius 3 is 1.81 bits per heavy atom. The fraction of sp³-hybridized carbons (Fsp3) is 0.107. The molecule has 5 aromatic rings. The van der Waals surface area contributed by atoms with Crippen LogP contribution in [0.15, 0.2) is 106 Å². The largest absolute Gasteiger partial charge is 0.283 e. The highest BCUT2D eigenvalue weighted by atomic mass is 32.2. The van der Waals surface area contributed by atoms with Gasteiger partial charge in [-0.15, -0.1) is 0 Å². The van der Waals surface area contributed by atoms with Crippen molar-refractivity contribution in [2.75, 3.05) is 0 Å². The molecule has 0 aliphatic carbocycles.